The van der Waals surface area contributed by atoms with Gasteiger partial charge < -0.3 is 4.74 Å². The summed E-state index contributed by atoms with van der Waals surface area (Å²) in [5.74, 6) is 0.974. The molecule has 1 aromatic heterocycles. The molecule has 0 saturated carbocycles. The van der Waals surface area contributed by atoms with Gasteiger partial charge in [-0.15, -0.1) is 10.2 Å². The van der Waals surface area contributed by atoms with E-state index in [2.05, 4.69) is 17.1 Å². The van der Waals surface area contributed by atoms with E-state index in [-0.39, 0.29) is 6.10 Å². The average molecular weight is 244 g/mol. The molecule has 1 fully saturated rings. The third-order valence-electron chi connectivity index (χ3n) is 2.92. The standard InChI is InChI=1S/C11H18ClN3O/c1-2-5-10-13-14-11(12)15(10)8-9-6-3-4-7-16-9/h9H,2-8H2,1H3. The summed E-state index contributed by atoms with van der Waals surface area (Å²) in [6.07, 6.45) is 5.78. The van der Waals surface area contributed by atoms with Crippen molar-refractivity contribution in [3.8, 4) is 0 Å². The molecule has 16 heavy (non-hydrogen) atoms. The molecule has 0 aliphatic carbocycles. The predicted molar refractivity (Wildman–Crippen MR) is 62.6 cm³/mol. The van der Waals surface area contributed by atoms with E-state index in [1.807, 2.05) is 4.57 Å². The van der Waals surface area contributed by atoms with Gasteiger partial charge in [-0.05, 0) is 37.3 Å². The van der Waals surface area contributed by atoms with Crippen molar-refractivity contribution in [2.24, 2.45) is 0 Å². The Labute approximate surface area is 101 Å². The monoisotopic (exact) mass is 243 g/mol. The van der Waals surface area contributed by atoms with E-state index >= 15 is 0 Å². The largest absolute Gasteiger partial charge is 0.376 e. The zero-order chi connectivity index (χ0) is 11.4. The fourth-order valence-corrected chi connectivity index (χ4v) is 2.26. The fraction of sp³-hybridized carbons (Fsp3) is 0.818. The van der Waals surface area contributed by atoms with E-state index in [0.29, 0.717) is 5.28 Å². The highest BCUT2D eigenvalue weighted by Gasteiger charge is 2.18. The van der Waals surface area contributed by atoms with Crippen LogP contribution in [0.1, 0.15) is 38.4 Å². The molecule has 1 unspecified atom stereocenters. The second-order valence-corrected chi connectivity index (χ2v) is 4.57. The molecule has 1 atom stereocenters. The molecular formula is C11H18ClN3O. The van der Waals surface area contributed by atoms with Gasteiger partial charge >= 0.3 is 0 Å². The van der Waals surface area contributed by atoms with Gasteiger partial charge in [-0.3, -0.25) is 4.57 Å². The predicted octanol–water partition coefficient (Wildman–Crippen LogP) is 2.45. The van der Waals surface area contributed by atoms with Crippen LogP contribution in [0.25, 0.3) is 0 Å². The zero-order valence-electron chi connectivity index (χ0n) is 9.65. The highest BCUT2D eigenvalue weighted by molar-refractivity contribution is 6.28. The Morgan fingerprint density at radius 1 is 1.44 bits per heavy atom. The highest BCUT2D eigenvalue weighted by Crippen LogP contribution is 2.18. The van der Waals surface area contributed by atoms with Crippen molar-refractivity contribution < 1.29 is 4.74 Å². The summed E-state index contributed by atoms with van der Waals surface area (Å²) in [5, 5.41) is 8.50. The fourth-order valence-electron chi connectivity index (χ4n) is 2.06. The van der Waals surface area contributed by atoms with Crippen LogP contribution >= 0.6 is 11.6 Å². The van der Waals surface area contributed by atoms with Crippen LogP contribution in [0.3, 0.4) is 0 Å². The van der Waals surface area contributed by atoms with Gasteiger partial charge in [0.15, 0.2) is 0 Å². The van der Waals surface area contributed by atoms with Gasteiger partial charge in [0.2, 0.25) is 5.28 Å². The second kappa shape index (κ2) is 5.64. The smallest absolute Gasteiger partial charge is 0.225 e. The van der Waals surface area contributed by atoms with E-state index < -0.39 is 0 Å². The molecule has 0 radical (unpaired) electrons. The second-order valence-electron chi connectivity index (χ2n) is 4.23. The SMILES string of the molecule is CCCc1nnc(Cl)n1CC1CCCCO1. The maximum absolute atomic E-state index is 6.03. The highest BCUT2D eigenvalue weighted by atomic mass is 35.5. The Hall–Kier alpha value is -0.610. The van der Waals surface area contributed by atoms with Crippen LogP contribution in [0, 0.1) is 0 Å². The summed E-state index contributed by atoms with van der Waals surface area (Å²) in [6, 6.07) is 0. The van der Waals surface area contributed by atoms with E-state index in [1.54, 1.807) is 0 Å². The Morgan fingerprint density at radius 2 is 2.31 bits per heavy atom. The molecule has 1 aromatic rings. The number of nitrogens with zero attached hydrogens (tertiary/aromatic N) is 3. The zero-order valence-corrected chi connectivity index (χ0v) is 10.4. The third kappa shape index (κ3) is 2.74. The van der Waals surface area contributed by atoms with E-state index in [1.165, 1.54) is 12.8 Å². The Bertz CT molecular complexity index is 334. The van der Waals surface area contributed by atoms with Crippen molar-refractivity contribution in [3.05, 3.63) is 11.1 Å². The number of ether oxygens (including phenoxy) is 1. The molecule has 2 heterocycles. The van der Waals surface area contributed by atoms with Gasteiger partial charge in [0.05, 0.1) is 12.6 Å². The summed E-state index contributed by atoms with van der Waals surface area (Å²) in [5.41, 5.74) is 0. The van der Waals surface area contributed by atoms with Crippen LogP contribution in [0.4, 0.5) is 0 Å². The first-order valence-corrected chi connectivity index (χ1v) is 6.38. The van der Waals surface area contributed by atoms with Gasteiger partial charge in [-0.2, -0.15) is 0 Å². The lowest BCUT2D eigenvalue weighted by Crippen LogP contribution is -2.25. The van der Waals surface area contributed by atoms with Gasteiger partial charge in [0, 0.05) is 13.0 Å². The maximum Gasteiger partial charge on any atom is 0.225 e. The first-order chi connectivity index (χ1) is 7.81. The molecule has 0 aromatic carbocycles. The number of aromatic nitrogens is 3. The Balaban J connectivity index is 2.03. The van der Waals surface area contributed by atoms with Crippen LogP contribution in [-0.2, 0) is 17.7 Å². The van der Waals surface area contributed by atoms with Gasteiger partial charge in [0.1, 0.15) is 5.82 Å². The summed E-state index contributed by atoms with van der Waals surface area (Å²) in [6.45, 7) is 3.79. The first kappa shape index (κ1) is 11.9. The lowest BCUT2D eigenvalue weighted by molar-refractivity contribution is 0.00553. The minimum atomic E-state index is 0.276. The van der Waals surface area contributed by atoms with Gasteiger partial charge in [0.25, 0.3) is 0 Å². The molecule has 0 amide bonds. The summed E-state index contributed by atoms with van der Waals surface area (Å²) >= 11 is 6.03. The van der Waals surface area contributed by atoms with Crippen molar-refractivity contribution in [3.63, 3.8) is 0 Å². The molecular weight excluding hydrogens is 226 g/mol. The molecule has 90 valence electrons. The normalized spacial score (nSPS) is 21.2. The van der Waals surface area contributed by atoms with Crippen LogP contribution in [-0.4, -0.2) is 27.5 Å². The molecule has 2 rings (SSSR count). The Morgan fingerprint density at radius 3 is 3.00 bits per heavy atom. The topological polar surface area (TPSA) is 39.9 Å². The molecule has 0 bridgehead atoms. The lowest BCUT2D eigenvalue weighted by atomic mass is 10.1. The van der Waals surface area contributed by atoms with E-state index in [0.717, 1.165) is 38.2 Å². The Kier molecular flexibility index (Phi) is 4.18. The van der Waals surface area contributed by atoms with Crippen LogP contribution in [0.5, 0.6) is 0 Å². The quantitative estimate of drug-likeness (QED) is 0.816. The number of rotatable bonds is 4. The number of hydrogen-bond acceptors (Lipinski definition) is 3. The van der Waals surface area contributed by atoms with Crippen molar-refractivity contribution >= 4 is 11.6 Å². The molecule has 1 aliphatic rings. The van der Waals surface area contributed by atoms with Crippen molar-refractivity contribution in [2.75, 3.05) is 6.61 Å². The first-order valence-electron chi connectivity index (χ1n) is 6.00. The minimum Gasteiger partial charge on any atom is -0.376 e. The molecule has 0 spiro atoms. The van der Waals surface area contributed by atoms with Crippen LogP contribution < -0.4 is 0 Å². The summed E-state index contributed by atoms with van der Waals surface area (Å²) in [7, 11) is 0. The summed E-state index contributed by atoms with van der Waals surface area (Å²) in [4.78, 5) is 0. The van der Waals surface area contributed by atoms with Gasteiger partial charge in [-0.25, -0.2) is 0 Å². The van der Waals surface area contributed by atoms with Crippen LogP contribution in [0.2, 0.25) is 5.28 Å². The van der Waals surface area contributed by atoms with Crippen molar-refractivity contribution in [1.29, 1.82) is 0 Å². The molecule has 5 heteroatoms. The van der Waals surface area contributed by atoms with E-state index in [9.17, 15) is 0 Å². The summed E-state index contributed by atoms with van der Waals surface area (Å²) < 4.78 is 7.69. The molecule has 1 saturated heterocycles. The van der Waals surface area contributed by atoms with E-state index in [4.69, 9.17) is 16.3 Å². The average Bonchev–Trinajstić information content (AvgIpc) is 2.64. The van der Waals surface area contributed by atoms with Crippen molar-refractivity contribution in [2.45, 2.75) is 51.7 Å². The number of aryl methyl sites for hydroxylation is 1. The maximum atomic E-state index is 6.03. The van der Waals surface area contributed by atoms with Crippen molar-refractivity contribution in [1.82, 2.24) is 14.8 Å². The number of halogens is 1. The van der Waals surface area contributed by atoms with Gasteiger partial charge in [-0.1, -0.05) is 6.92 Å². The molecule has 4 nitrogen and oxygen atoms in total. The number of hydrogen-bond donors (Lipinski definition) is 0. The lowest BCUT2D eigenvalue weighted by Gasteiger charge is -2.23. The third-order valence-corrected chi connectivity index (χ3v) is 3.20. The van der Waals surface area contributed by atoms with Crippen LogP contribution in [0.15, 0.2) is 0 Å². The minimum absolute atomic E-state index is 0.276. The molecule has 1 aliphatic heterocycles. The molecule has 0 N–H and O–H groups in total.